The van der Waals surface area contributed by atoms with Crippen LogP contribution in [0.1, 0.15) is 32.2 Å². The van der Waals surface area contributed by atoms with Crippen LogP contribution in [0.15, 0.2) is 0 Å². The molecule has 6 nitrogen and oxygen atoms in total. The lowest BCUT2D eigenvalue weighted by Gasteiger charge is -2.38. The van der Waals surface area contributed by atoms with Crippen molar-refractivity contribution >= 4 is 16.4 Å². The van der Waals surface area contributed by atoms with E-state index in [4.69, 9.17) is 9.16 Å². The van der Waals surface area contributed by atoms with E-state index in [1.807, 2.05) is 4.68 Å². The van der Waals surface area contributed by atoms with Crippen molar-refractivity contribution in [2.45, 2.75) is 76.9 Å². The molecule has 0 amide bonds. The smallest absolute Gasteiger partial charge is 0.192 e. The normalized spacial score (nSPS) is 18.5. The quantitative estimate of drug-likeness (QED) is 0.779. The molecule has 1 aliphatic heterocycles. The van der Waals surface area contributed by atoms with E-state index in [0.717, 1.165) is 17.6 Å². The van der Waals surface area contributed by atoms with Crippen molar-refractivity contribution in [3.63, 3.8) is 0 Å². The highest BCUT2D eigenvalue weighted by Crippen LogP contribution is 2.38. The van der Waals surface area contributed by atoms with Crippen molar-refractivity contribution in [1.82, 2.24) is 15.0 Å². The lowest BCUT2D eigenvalue weighted by atomic mass is 9.96. The lowest BCUT2D eigenvalue weighted by molar-refractivity contribution is -0.189. The Kier molecular flexibility index (Phi) is 5.20. The first-order chi connectivity index (χ1) is 10.8. The summed E-state index contributed by atoms with van der Waals surface area (Å²) in [4.78, 5) is 0. The van der Waals surface area contributed by atoms with E-state index in [0.29, 0.717) is 19.8 Å². The third kappa shape index (κ3) is 4.16. The Hall–Kier alpha value is -0.546. The van der Waals surface area contributed by atoms with Gasteiger partial charge in [-0.15, -0.1) is 5.10 Å². The minimum absolute atomic E-state index is 0.137. The van der Waals surface area contributed by atoms with Gasteiger partial charge in [0.05, 0.1) is 27.9 Å². The van der Waals surface area contributed by atoms with Gasteiger partial charge in [0.15, 0.2) is 13.9 Å². The zero-order chi connectivity index (χ0) is 18.4. The summed E-state index contributed by atoms with van der Waals surface area (Å²) < 4.78 is 13.5. The maximum Gasteiger partial charge on any atom is 0.192 e. The van der Waals surface area contributed by atoms with Gasteiger partial charge in [-0.3, -0.25) is 0 Å². The number of hydrogen-bond donors (Lipinski definition) is 1. The van der Waals surface area contributed by atoms with Crippen LogP contribution in [-0.2, 0) is 27.5 Å². The van der Waals surface area contributed by atoms with Crippen LogP contribution in [-0.4, -0.2) is 49.7 Å². The molecule has 8 heteroatoms. The van der Waals surface area contributed by atoms with Crippen LogP contribution < -0.4 is 0 Å². The molecule has 1 N–H and O–H groups in total. The maximum atomic E-state index is 10.9. The first-order valence-electron chi connectivity index (χ1n) is 8.62. The van der Waals surface area contributed by atoms with Crippen molar-refractivity contribution in [2.75, 3.05) is 13.2 Å². The standard InChI is InChI=1S/C16H33N3O3Si2/c1-15(2,3)24(7,8)22-9-13-14(16(20)10-21-11-16)19(18-17-13)12-23(4,5)6/h20H,9-12H2,1-8H3. The van der Waals surface area contributed by atoms with Crippen LogP contribution in [0.4, 0.5) is 0 Å². The molecule has 2 heterocycles. The summed E-state index contributed by atoms with van der Waals surface area (Å²) in [6.45, 7) is 19.0. The van der Waals surface area contributed by atoms with Crippen molar-refractivity contribution in [1.29, 1.82) is 0 Å². The average molecular weight is 372 g/mol. The van der Waals surface area contributed by atoms with Gasteiger partial charge in [0.1, 0.15) is 11.4 Å². The summed E-state index contributed by atoms with van der Waals surface area (Å²) in [5, 5.41) is 19.7. The van der Waals surface area contributed by atoms with Crippen LogP contribution in [0.2, 0.25) is 37.8 Å². The fourth-order valence-corrected chi connectivity index (χ4v) is 4.46. The lowest BCUT2D eigenvalue weighted by Crippen LogP contribution is -2.49. The Morgan fingerprint density at radius 1 is 1.21 bits per heavy atom. The van der Waals surface area contributed by atoms with E-state index in [1.165, 1.54) is 0 Å². The average Bonchev–Trinajstić information content (AvgIpc) is 2.73. The predicted octanol–water partition coefficient (Wildman–Crippen LogP) is 2.90. The largest absolute Gasteiger partial charge is 0.411 e. The molecule has 0 saturated carbocycles. The van der Waals surface area contributed by atoms with E-state index in [9.17, 15) is 5.11 Å². The molecule has 138 valence electrons. The van der Waals surface area contributed by atoms with Crippen molar-refractivity contribution < 1.29 is 14.3 Å². The predicted molar refractivity (Wildman–Crippen MR) is 100 cm³/mol. The van der Waals surface area contributed by atoms with Gasteiger partial charge in [-0.05, 0) is 18.1 Å². The monoisotopic (exact) mass is 371 g/mol. The molecule has 1 aromatic heterocycles. The molecule has 0 spiro atoms. The van der Waals surface area contributed by atoms with Gasteiger partial charge in [-0.1, -0.05) is 45.6 Å². The van der Waals surface area contributed by atoms with Gasteiger partial charge in [0.25, 0.3) is 0 Å². The fraction of sp³-hybridized carbons (Fsp3) is 0.875. The van der Waals surface area contributed by atoms with Crippen LogP contribution >= 0.6 is 0 Å². The molecule has 1 saturated heterocycles. The molecule has 2 rings (SSSR count). The second-order valence-corrected chi connectivity index (χ2v) is 19.9. The van der Waals surface area contributed by atoms with E-state index in [2.05, 4.69) is 63.8 Å². The summed E-state index contributed by atoms with van der Waals surface area (Å²) >= 11 is 0. The zero-order valence-electron chi connectivity index (χ0n) is 16.4. The molecule has 0 radical (unpaired) electrons. The molecular formula is C16H33N3O3Si2. The molecule has 0 unspecified atom stereocenters. The highest BCUT2D eigenvalue weighted by molar-refractivity contribution is 6.75. The Balaban J connectivity index is 2.27. The molecule has 0 aromatic carbocycles. The second kappa shape index (κ2) is 6.32. The number of ether oxygens (including phenoxy) is 1. The van der Waals surface area contributed by atoms with E-state index in [-0.39, 0.29) is 5.04 Å². The molecule has 1 aromatic rings. The third-order valence-corrected chi connectivity index (χ3v) is 10.7. The molecule has 24 heavy (non-hydrogen) atoms. The van der Waals surface area contributed by atoms with E-state index >= 15 is 0 Å². The number of hydrogen-bond acceptors (Lipinski definition) is 5. The third-order valence-electron chi connectivity index (χ3n) is 4.93. The van der Waals surface area contributed by atoms with Gasteiger partial charge >= 0.3 is 0 Å². The van der Waals surface area contributed by atoms with Gasteiger partial charge in [-0.2, -0.15) is 0 Å². The summed E-state index contributed by atoms with van der Waals surface area (Å²) in [6, 6.07) is 0. The van der Waals surface area contributed by atoms with Gasteiger partial charge in [0, 0.05) is 6.17 Å². The summed E-state index contributed by atoms with van der Waals surface area (Å²) in [7, 11) is -3.28. The molecule has 1 fully saturated rings. The number of aliphatic hydroxyl groups is 1. The van der Waals surface area contributed by atoms with Crippen LogP contribution in [0.5, 0.6) is 0 Å². The number of nitrogens with zero attached hydrogens (tertiary/aromatic N) is 3. The topological polar surface area (TPSA) is 69.4 Å². The Labute approximate surface area is 147 Å². The minimum Gasteiger partial charge on any atom is -0.411 e. The Morgan fingerprint density at radius 2 is 1.79 bits per heavy atom. The van der Waals surface area contributed by atoms with E-state index < -0.39 is 22.0 Å². The maximum absolute atomic E-state index is 10.9. The van der Waals surface area contributed by atoms with E-state index in [1.54, 1.807) is 0 Å². The first kappa shape index (κ1) is 19.8. The molecule has 0 bridgehead atoms. The Morgan fingerprint density at radius 3 is 2.21 bits per heavy atom. The van der Waals surface area contributed by atoms with Gasteiger partial charge in [-0.25, -0.2) is 4.68 Å². The molecule has 0 atom stereocenters. The van der Waals surface area contributed by atoms with Crippen LogP contribution in [0.3, 0.4) is 0 Å². The highest BCUT2D eigenvalue weighted by Gasteiger charge is 2.45. The highest BCUT2D eigenvalue weighted by atomic mass is 28.4. The molecule has 1 aliphatic rings. The summed E-state index contributed by atoms with van der Waals surface area (Å²) in [5.41, 5.74) is 0.564. The SMILES string of the molecule is CC(C)(C)[Si](C)(C)OCc1nnn(C[Si](C)(C)C)c1C1(O)COC1. The number of aromatic nitrogens is 3. The van der Waals surface area contributed by atoms with Gasteiger partial charge < -0.3 is 14.3 Å². The fourth-order valence-electron chi connectivity index (χ4n) is 2.41. The Bertz CT molecular complexity index is 584. The van der Waals surface area contributed by atoms with Crippen LogP contribution in [0.25, 0.3) is 0 Å². The van der Waals surface area contributed by atoms with Crippen molar-refractivity contribution in [2.24, 2.45) is 0 Å². The van der Waals surface area contributed by atoms with Crippen LogP contribution in [0, 0.1) is 0 Å². The summed E-state index contributed by atoms with van der Waals surface area (Å²) in [5.74, 6) is 0. The van der Waals surface area contributed by atoms with Gasteiger partial charge in [0.2, 0.25) is 0 Å². The second-order valence-electron chi connectivity index (χ2n) is 9.68. The first-order valence-corrected chi connectivity index (χ1v) is 15.2. The van der Waals surface area contributed by atoms with Crippen molar-refractivity contribution in [3.05, 3.63) is 11.4 Å². The minimum atomic E-state index is -1.88. The number of rotatable bonds is 6. The summed E-state index contributed by atoms with van der Waals surface area (Å²) in [6.07, 6.45) is 0.831. The molecule has 0 aliphatic carbocycles. The zero-order valence-corrected chi connectivity index (χ0v) is 18.4. The molecular weight excluding hydrogens is 338 g/mol. The van der Waals surface area contributed by atoms with Crippen molar-refractivity contribution in [3.8, 4) is 0 Å².